The molecule has 4 rings (SSSR count). The third-order valence-electron chi connectivity index (χ3n) is 5.13. The van der Waals surface area contributed by atoms with Crippen LogP contribution in [0.25, 0.3) is 15.9 Å². The number of benzene rings is 1. The highest BCUT2D eigenvalue weighted by atomic mass is 32.2. The van der Waals surface area contributed by atoms with E-state index in [1.807, 2.05) is 24.3 Å². The summed E-state index contributed by atoms with van der Waals surface area (Å²) < 4.78 is 7.03. The molecule has 3 aromatic rings. The van der Waals surface area contributed by atoms with Gasteiger partial charge in [-0.3, -0.25) is 14.3 Å². The van der Waals surface area contributed by atoms with E-state index in [9.17, 15) is 4.79 Å². The normalized spacial score (nSPS) is 14.0. The van der Waals surface area contributed by atoms with Crippen molar-refractivity contribution in [3.8, 4) is 17.5 Å². The Labute approximate surface area is 177 Å². The molecule has 1 aromatic carbocycles. The van der Waals surface area contributed by atoms with E-state index in [0.29, 0.717) is 23.1 Å². The predicted octanol–water partition coefficient (Wildman–Crippen LogP) is 3.84. The smallest absolute Gasteiger partial charge is 0.267 e. The molecule has 2 aromatic heterocycles. The number of nitriles is 1. The van der Waals surface area contributed by atoms with Crippen LogP contribution in [0.15, 0.2) is 34.2 Å². The third kappa shape index (κ3) is 3.78. The molecule has 0 N–H and O–H groups in total. The highest BCUT2D eigenvalue weighted by molar-refractivity contribution is 7.99. The van der Waals surface area contributed by atoms with E-state index < -0.39 is 0 Å². The van der Waals surface area contributed by atoms with Gasteiger partial charge in [0.05, 0.1) is 24.3 Å². The average Bonchev–Trinajstić information content (AvgIpc) is 3.11. The minimum Gasteiger partial charge on any atom is -0.497 e. The highest BCUT2D eigenvalue weighted by Crippen LogP contribution is 2.34. The van der Waals surface area contributed by atoms with Crippen LogP contribution in [-0.2, 0) is 13.0 Å². The minimum absolute atomic E-state index is 0.0369. The van der Waals surface area contributed by atoms with Gasteiger partial charge in [0.2, 0.25) is 0 Å². The second-order valence-electron chi connectivity index (χ2n) is 6.80. The molecule has 0 spiro atoms. The molecule has 0 amide bonds. The fourth-order valence-corrected chi connectivity index (χ4v) is 5.77. The molecule has 0 atom stereocenters. The van der Waals surface area contributed by atoms with Gasteiger partial charge in [-0.1, -0.05) is 24.8 Å². The van der Waals surface area contributed by atoms with Crippen LogP contribution in [0.5, 0.6) is 5.75 Å². The Bertz CT molecular complexity index is 1150. The Morgan fingerprint density at radius 1 is 1.41 bits per heavy atom. The Kier molecular flexibility index (Phi) is 5.90. The standard InChI is InChI=1S/C21H22N4O2S2/c1-3-24-10-8-16-17(13-24)29-19-18(16)20(26)25(21(23-19)28-11-5-9-22)14-6-4-7-15(12-14)27-2/h4,6-7,12H,3,5,8,10-11,13H2,1-2H3. The van der Waals surface area contributed by atoms with Crippen LogP contribution in [0.3, 0.4) is 0 Å². The molecule has 0 radical (unpaired) electrons. The lowest BCUT2D eigenvalue weighted by molar-refractivity contribution is 0.272. The Morgan fingerprint density at radius 3 is 3.03 bits per heavy atom. The average molecular weight is 427 g/mol. The largest absolute Gasteiger partial charge is 0.497 e. The Hall–Kier alpha value is -2.34. The van der Waals surface area contributed by atoms with Crippen molar-refractivity contribution in [3.63, 3.8) is 0 Å². The van der Waals surface area contributed by atoms with Crippen LogP contribution < -0.4 is 10.3 Å². The van der Waals surface area contributed by atoms with Crippen molar-refractivity contribution >= 4 is 33.3 Å². The van der Waals surface area contributed by atoms with Gasteiger partial charge in [0.1, 0.15) is 10.6 Å². The van der Waals surface area contributed by atoms with E-state index in [1.54, 1.807) is 23.0 Å². The predicted molar refractivity (Wildman–Crippen MR) is 117 cm³/mol. The number of aromatic nitrogens is 2. The molecular formula is C21H22N4O2S2. The zero-order valence-electron chi connectivity index (χ0n) is 16.5. The van der Waals surface area contributed by atoms with Crippen molar-refractivity contribution in [2.45, 2.75) is 31.5 Å². The Balaban J connectivity index is 1.91. The van der Waals surface area contributed by atoms with Gasteiger partial charge in [0, 0.05) is 36.2 Å². The van der Waals surface area contributed by atoms with Crippen molar-refractivity contribution in [3.05, 3.63) is 45.1 Å². The zero-order valence-corrected chi connectivity index (χ0v) is 18.1. The molecule has 0 bridgehead atoms. The summed E-state index contributed by atoms with van der Waals surface area (Å²) in [6, 6.07) is 9.63. The fourth-order valence-electron chi connectivity index (χ4n) is 3.61. The quantitative estimate of drug-likeness (QED) is 0.339. The monoisotopic (exact) mass is 426 g/mol. The van der Waals surface area contributed by atoms with Crippen LogP contribution in [0.4, 0.5) is 0 Å². The van der Waals surface area contributed by atoms with E-state index in [2.05, 4.69) is 17.9 Å². The first-order chi connectivity index (χ1) is 14.2. The molecule has 0 aliphatic carbocycles. The van der Waals surface area contributed by atoms with Gasteiger partial charge in [-0.2, -0.15) is 5.26 Å². The number of rotatable bonds is 6. The lowest BCUT2D eigenvalue weighted by atomic mass is 10.1. The SMILES string of the molecule is CCN1CCc2c(sc3nc(SCCC#N)n(-c4cccc(OC)c4)c(=O)c23)C1. The Morgan fingerprint density at radius 2 is 2.28 bits per heavy atom. The maximum atomic E-state index is 13.7. The molecule has 1 aliphatic rings. The molecule has 1 aliphatic heterocycles. The van der Waals surface area contributed by atoms with E-state index >= 15 is 0 Å². The number of nitrogens with zero attached hydrogens (tertiary/aromatic N) is 4. The number of fused-ring (bicyclic) bond motifs is 3. The summed E-state index contributed by atoms with van der Waals surface area (Å²) in [7, 11) is 1.61. The highest BCUT2D eigenvalue weighted by Gasteiger charge is 2.25. The second kappa shape index (κ2) is 8.57. The topological polar surface area (TPSA) is 71.2 Å². The zero-order chi connectivity index (χ0) is 20.4. The van der Waals surface area contributed by atoms with Crippen molar-refractivity contribution in [1.29, 1.82) is 5.26 Å². The maximum Gasteiger partial charge on any atom is 0.267 e. The van der Waals surface area contributed by atoms with Crippen molar-refractivity contribution in [2.24, 2.45) is 0 Å². The first-order valence-corrected chi connectivity index (χ1v) is 11.4. The van der Waals surface area contributed by atoms with Crippen molar-refractivity contribution < 1.29 is 4.74 Å². The van der Waals surface area contributed by atoms with Gasteiger partial charge in [0.15, 0.2) is 5.16 Å². The van der Waals surface area contributed by atoms with E-state index in [1.165, 1.54) is 16.6 Å². The number of ether oxygens (including phenoxy) is 1. The van der Waals surface area contributed by atoms with Crippen LogP contribution in [-0.4, -0.2) is 40.4 Å². The lowest BCUT2D eigenvalue weighted by Crippen LogP contribution is -2.30. The molecule has 0 unspecified atom stereocenters. The van der Waals surface area contributed by atoms with Crippen LogP contribution in [0.2, 0.25) is 0 Å². The van der Waals surface area contributed by atoms with Crippen molar-refractivity contribution in [1.82, 2.24) is 14.5 Å². The van der Waals surface area contributed by atoms with Crippen LogP contribution in [0, 0.1) is 11.3 Å². The third-order valence-corrected chi connectivity index (χ3v) is 7.18. The molecule has 0 saturated heterocycles. The number of likely N-dealkylation sites (N-methyl/N-ethyl adjacent to an activating group) is 1. The van der Waals surface area contributed by atoms with Crippen LogP contribution in [0.1, 0.15) is 23.8 Å². The molecule has 8 heteroatoms. The number of hydrogen-bond acceptors (Lipinski definition) is 7. The van der Waals surface area contributed by atoms with E-state index in [-0.39, 0.29) is 5.56 Å². The summed E-state index contributed by atoms with van der Waals surface area (Å²) in [5, 5.41) is 10.3. The second-order valence-corrected chi connectivity index (χ2v) is 8.94. The summed E-state index contributed by atoms with van der Waals surface area (Å²) in [5.41, 5.74) is 1.84. The minimum atomic E-state index is -0.0369. The molecular weight excluding hydrogens is 404 g/mol. The maximum absolute atomic E-state index is 13.7. The number of hydrogen-bond donors (Lipinski definition) is 0. The first kappa shape index (κ1) is 20.0. The van der Waals surface area contributed by atoms with Gasteiger partial charge in [-0.15, -0.1) is 11.3 Å². The molecule has 29 heavy (non-hydrogen) atoms. The van der Waals surface area contributed by atoms with Gasteiger partial charge in [-0.25, -0.2) is 4.98 Å². The fraction of sp³-hybridized carbons (Fsp3) is 0.381. The molecule has 3 heterocycles. The molecule has 0 saturated carbocycles. The first-order valence-electron chi connectivity index (χ1n) is 9.60. The van der Waals surface area contributed by atoms with Gasteiger partial charge in [0.25, 0.3) is 5.56 Å². The lowest BCUT2D eigenvalue weighted by Gasteiger charge is -2.25. The number of methoxy groups -OCH3 is 1. The van der Waals surface area contributed by atoms with Crippen molar-refractivity contribution in [2.75, 3.05) is 26.0 Å². The van der Waals surface area contributed by atoms with Gasteiger partial charge >= 0.3 is 0 Å². The van der Waals surface area contributed by atoms with E-state index in [4.69, 9.17) is 15.0 Å². The van der Waals surface area contributed by atoms with Gasteiger partial charge in [-0.05, 0) is 30.7 Å². The molecule has 0 fully saturated rings. The summed E-state index contributed by atoms with van der Waals surface area (Å²) in [5.74, 6) is 1.28. The number of thiophene rings is 1. The summed E-state index contributed by atoms with van der Waals surface area (Å²) in [4.78, 5) is 23.0. The molecule has 6 nitrogen and oxygen atoms in total. The number of thioether (sulfide) groups is 1. The van der Waals surface area contributed by atoms with Gasteiger partial charge < -0.3 is 4.74 Å². The summed E-state index contributed by atoms with van der Waals surface area (Å²) >= 11 is 3.07. The molecule has 150 valence electrons. The summed E-state index contributed by atoms with van der Waals surface area (Å²) in [6.45, 7) is 5.01. The van der Waals surface area contributed by atoms with E-state index in [0.717, 1.165) is 47.5 Å². The van der Waals surface area contributed by atoms with Crippen LogP contribution >= 0.6 is 23.1 Å². The summed E-state index contributed by atoms with van der Waals surface area (Å²) in [6.07, 6.45) is 1.28.